The van der Waals surface area contributed by atoms with Gasteiger partial charge in [-0.25, -0.2) is 14.6 Å². The third-order valence-corrected chi connectivity index (χ3v) is 12.6. The van der Waals surface area contributed by atoms with Crippen LogP contribution in [0.5, 0.6) is 0 Å². The van der Waals surface area contributed by atoms with E-state index in [4.69, 9.17) is 13.8 Å². The quantitative estimate of drug-likeness (QED) is 0.173. The first-order valence-electron chi connectivity index (χ1n) is 18.2. The molecule has 9 rings (SSSR count). The van der Waals surface area contributed by atoms with Gasteiger partial charge in [-0.3, -0.25) is 4.98 Å². The van der Waals surface area contributed by atoms with Crippen molar-refractivity contribution >= 4 is 33.3 Å². The Balaban J connectivity index is 1.21. The van der Waals surface area contributed by atoms with E-state index in [1.165, 1.54) is 22.5 Å². The Morgan fingerprint density at radius 2 is 0.940 bits per heavy atom. The SMILES string of the molecule is CC1(C)CCN2CCC(C)(C)c3c2c1cc1cc(-c2cncc(-c4cc5cc6c7c(c5oc4=O)C(C)(C)CCN7CCC6(C)C)n2)c(=O)oc31. The maximum absolute atomic E-state index is 13.8. The van der Waals surface area contributed by atoms with Crippen LogP contribution in [0.2, 0.25) is 0 Å². The molecule has 4 aliphatic rings. The van der Waals surface area contributed by atoms with Crippen LogP contribution >= 0.6 is 0 Å². The van der Waals surface area contributed by atoms with Crippen molar-refractivity contribution in [3.8, 4) is 22.5 Å². The summed E-state index contributed by atoms with van der Waals surface area (Å²) in [6, 6.07) is 8.23. The van der Waals surface area contributed by atoms with Crippen molar-refractivity contribution in [2.45, 2.75) is 103 Å². The van der Waals surface area contributed by atoms with Crippen molar-refractivity contribution in [1.29, 1.82) is 0 Å². The topological polar surface area (TPSA) is 92.7 Å². The van der Waals surface area contributed by atoms with Crippen molar-refractivity contribution < 1.29 is 8.83 Å². The second-order valence-corrected chi connectivity index (χ2v) is 17.8. The molecule has 50 heavy (non-hydrogen) atoms. The molecule has 4 aliphatic heterocycles. The van der Waals surface area contributed by atoms with Gasteiger partial charge in [0.2, 0.25) is 0 Å². The molecule has 0 saturated heterocycles. The number of rotatable bonds is 2. The molecule has 0 atom stereocenters. The molecule has 258 valence electrons. The Morgan fingerprint density at radius 3 is 1.34 bits per heavy atom. The van der Waals surface area contributed by atoms with Gasteiger partial charge in [-0.2, -0.15) is 0 Å². The Bertz CT molecular complexity index is 2250. The molecular formula is C42H46N4O4. The van der Waals surface area contributed by atoms with Gasteiger partial charge in [0.1, 0.15) is 11.2 Å². The minimum absolute atomic E-state index is 0.0111. The van der Waals surface area contributed by atoms with Crippen molar-refractivity contribution in [3.63, 3.8) is 0 Å². The molecule has 0 spiro atoms. The van der Waals surface area contributed by atoms with E-state index in [0.717, 1.165) is 73.8 Å². The standard InChI is InChI=1S/C42H46N4O4/c1-39(2)9-13-45-15-11-41(5,6)31-33(45)27(39)19-23-17-25(37(47)49-35(23)31)29-21-43-22-30(44-29)26-18-24-20-28-34-32(36(24)50-38(26)48)42(7,8)12-16-46(34)14-10-40(28,3)4/h17-22H,9-16H2,1-8H3. The fraction of sp³-hybridized carbons (Fsp3) is 0.476. The van der Waals surface area contributed by atoms with Gasteiger partial charge in [-0.15, -0.1) is 0 Å². The summed E-state index contributed by atoms with van der Waals surface area (Å²) in [7, 11) is 0. The highest BCUT2D eigenvalue weighted by atomic mass is 16.4. The predicted molar refractivity (Wildman–Crippen MR) is 200 cm³/mol. The van der Waals surface area contributed by atoms with E-state index < -0.39 is 11.3 Å². The van der Waals surface area contributed by atoms with Crippen LogP contribution in [0, 0.1) is 0 Å². The van der Waals surface area contributed by atoms with Gasteiger partial charge in [-0.1, -0.05) is 55.4 Å². The van der Waals surface area contributed by atoms with Gasteiger partial charge >= 0.3 is 11.3 Å². The molecular weight excluding hydrogens is 624 g/mol. The number of hydrogen-bond acceptors (Lipinski definition) is 8. The van der Waals surface area contributed by atoms with Crippen molar-refractivity contribution in [2.24, 2.45) is 0 Å². The smallest absolute Gasteiger partial charge is 0.345 e. The lowest BCUT2D eigenvalue weighted by Crippen LogP contribution is -2.44. The van der Waals surface area contributed by atoms with Gasteiger partial charge in [-0.05, 0) is 82.7 Å². The Labute approximate surface area is 292 Å². The largest absolute Gasteiger partial charge is 0.422 e. The van der Waals surface area contributed by atoms with Crippen LogP contribution < -0.4 is 21.1 Å². The van der Waals surface area contributed by atoms with E-state index in [0.29, 0.717) is 33.7 Å². The summed E-state index contributed by atoms with van der Waals surface area (Å²) in [6.07, 6.45) is 7.25. The molecule has 0 aliphatic carbocycles. The fourth-order valence-electron chi connectivity index (χ4n) is 9.29. The van der Waals surface area contributed by atoms with Crippen LogP contribution in [0.1, 0.15) is 103 Å². The van der Waals surface area contributed by atoms with Crippen LogP contribution in [0.25, 0.3) is 44.5 Å². The normalized spacial score (nSPS) is 20.9. The van der Waals surface area contributed by atoms with Crippen LogP contribution in [0.15, 0.2) is 55.1 Å². The Kier molecular flexibility index (Phi) is 6.35. The lowest BCUT2D eigenvalue weighted by molar-refractivity contribution is 0.398. The molecule has 0 saturated carbocycles. The third kappa shape index (κ3) is 4.42. The van der Waals surface area contributed by atoms with E-state index >= 15 is 0 Å². The van der Waals surface area contributed by atoms with Gasteiger partial charge < -0.3 is 18.6 Å². The van der Waals surface area contributed by atoms with Gasteiger partial charge in [0.05, 0.1) is 34.9 Å². The summed E-state index contributed by atoms with van der Waals surface area (Å²) in [5.74, 6) is 0. The highest BCUT2D eigenvalue weighted by Gasteiger charge is 2.43. The van der Waals surface area contributed by atoms with Gasteiger partial charge in [0.25, 0.3) is 0 Å². The summed E-state index contributed by atoms with van der Waals surface area (Å²) in [6.45, 7) is 22.2. The Hall–Kier alpha value is -4.46. The molecule has 0 N–H and O–H groups in total. The number of anilines is 2. The van der Waals surface area contributed by atoms with Gasteiger partial charge in [0.15, 0.2) is 0 Å². The van der Waals surface area contributed by atoms with Crippen molar-refractivity contribution in [2.75, 3.05) is 36.0 Å². The van der Waals surface area contributed by atoms with E-state index in [1.807, 2.05) is 12.1 Å². The molecule has 0 fully saturated rings. The zero-order valence-electron chi connectivity index (χ0n) is 30.5. The minimum atomic E-state index is -0.464. The molecule has 0 amide bonds. The van der Waals surface area contributed by atoms with E-state index in [9.17, 15) is 9.59 Å². The first-order valence-corrected chi connectivity index (χ1v) is 18.2. The van der Waals surface area contributed by atoms with Crippen LogP contribution in [0.3, 0.4) is 0 Å². The van der Waals surface area contributed by atoms with E-state index in [-0.39, 0.29) is 21.7 Å². The van der Waals surface area contributed by atoms with Crippen LogP contribution in [0.4, 0.5) is 11.4 Å². The number of benzene rings is 2. The monoisotopic (exact) mass is 670 g/mol. The summed E-state index contributed by atoms with van der Waals surface area (Å²) < 4.78 is 12.5. The first kappa shape index (κ1) is 31.5. The number of aromatic nitrogens is 2. The predicted octanol–water partition coefficient (Wildman–Crippen LogP) is 8.36. The molecule has 5 aromatic rings. The number of hydrogen-bond donors (Lipinski definition) is 0. The maximum Gasteiger partial charge on any atom is 0.345 e. The minimum Gasteiger partial charge on any atom is -0.422 e. The third-order valence-electron chi connectivity index (χ3n) is 12.6. The average molecular weight is 671 g/mol. The second kappa shape index (κ2) is 10.1. The lowest BCUT2D eigenvalue weighted by atomic mass is 9.69. The number of nitrogens with zero attached hydrogens (tertiary/aromatic N) is 4. The molecule has 8 heteroatoms. The average Bonchev–Trinajstić information content (AvgIpc) is 3.05. The Morgan fingerprint density at radius 1 is 0.560 bits per heavy atom. The molecule has 2 aromatic carbocycles. The van der Waals surface area contributed by atoms with Crippen molar-refractivity contribution in [3.05, 3.63) is 79.8 Å². The fourth-order valence-corrected chi connectivity index (χ4v) is 9.29. The lowest BCUT2D eigenvalue weighted by Gasteiger charge is -2.48. The highest BCUT2D eigenvalue weighted by Crippen LogP contribution is 2.53. The van der Waals surface area contributed by atoms with Gasteiger partial charge in [0, 0.05) is 59.5 Å². The molecule has 0 radical (unpaired) electrons. The molecule has 0 bridgehead atoms. The van der Waals surface area contributed by atoms with Crippen LogP contribution in [-0.2, 0) is 21.7 Å². The zero-order chi connectivity index (χ0) is 35.1. The van der Waals surface area contributed by atoms with E-state index in [2.05, 4.69) is 82.3 Å². The maximum atomic E-state index is 13.8. The summed E-state index contributed by atoms with van der Waals surface area (Å²) in [5, 5.41) is 1.77. The number of fused-ring (bicyclic) bond motifs is 4. The second-order valence-electron chi connectivity index (χ2n) is 17.8. The highest BCUT2D eigenvalue weighted by molar-refractivity contribution is 5.94. The molecule has 7 heterocycles. The van der Waals surface area contributed by atoms with Crippen LogP contribution in [-0.4, -0.2) is 36.1 Å². The molecule has 3 aromatic heterocycles. The summed E-state index contributed by atoms with van der Waals surface area (Å²) in [5.41, 5.74) is 8.75. The zero-order valence-corrected chi connectivity index (χ0v) is 30.5. The molecule has 0 unspecified atom stereocenters. The summed E-state index contributed by atoms with van der Waals surface area (Å²) in [4.78, 5) is 42.0. The van der Waals surface area contributed by atoms with E-state index in [1.54, 1.807) is 12.4 Å². The molecule has 8 nitrogen and oxygen atoms in total. The summed E-state index contributed by atoms with van der Waals surface area (Å²) >= 11 is 0. The van der Waals surface area contributed by atoms with Crippen molar-refractivity contribution in [1.82, 2.24) is 9.97 Å². The first-order chi connectivity index (χ1) is 23.6.